The van der Waals surface area contributed by atoms with Crippen LogP contribution < -0.4 is 0 Å². The van der Waals surface area contributed by atoms with E-state index in [9.17, 15) is 14.2 Å². The number of methoxy groups -OCH3 is 1. The number of ether oxygens (including phenoxy) is 1. The van der Waals surface area contributed by atoms with Gasteiger partial charge in [-0.15, -0.1) is 0 Å². The van der Waals surface area contributed by atoms with Crippen LogP contribution in [0, 0.1) is 0 Å². The summed E-state index contributed by atoms with van der Waals surface area (Å²) in [5, 5.41) is 0. The van der Waals surface area contributed by atoms with E-state index in [0.29, 0.717) is 13.0 Å². The zero-order valence-electron chi connectivity index (χ0n) is 13.3. The summed E-state index contributed by atoms with van der Waals surface area (Å²) in [5.41, 5.74) is 0. The Labute approximate surface area is 125 Å². The molecule has 1 aliphatic heterocycles. The van der Waals surface area contributed by atoms with Gasteiger partial charge in [-0.05, 0) is 6.92 Å². The van der Waals surface area contributed by atoms with Crippen LogP contribution >= 0.6 is 7.60 Å². The Morgan fingerprint density at radius 3 is 1.90 bits per heavy atom. The minimum Gasteiger partial charge on any atom is -0.467 e. The van der Waals surface area contributed by atoms with Crippen molar-refractivity contribution in [3.8, 4) is 0 Å². The smallest absolute Gasteiger partial charge is 0.364 e. The highest BCUT2D eigenvalue weighted by Gasteiger charge is 2.49. The number of likely N-dealkylation sites (tertiary alicyclic amines) is 1. The van der Waals surface area contributed by atoms with Crippen LogP contribution in [0.4, 0.5) is 0 Å². The SMILES string of the molecule is CC.CC=O.COC(=O)C(N1CCC1=O)P(=O)(OC)OC. The van der Waals surface area contributed by atoms with Crippen LogP contribution in [0.2, 0.25) is 0 Å². The predicted octanol–water partition coefficient (Wildman–Crippen LogP) is 1.44. The van der Waals surface area contributed by atoms with Gasteiger partial charge in [-0.1, -0.05) is 13.8 Å². The highest BCUT2D eigenvalue weighted by molar-refractivity contribution is 7.55. The number of hydrogen-bond acceptors (Lipinski definition) is 7. The number of aldehydes is 1. The summed E-state index contributed by atoms with van der Waals surface area (Å²) in [6.45, 7) is 5.79. The Bertz CT molecular complexity index is 378. The van der Waals surface area contributed by atoms with Crippen molar-refractivity contribution in [1.29, 1.82) is 0 Å². The molecule has 0 aromatic rings. The number of β-lactam (4-membered cyclic amide) rings is 1. The molecule has 0 aromatic carbocycles. The lowest BCUT2D eigenvalue weighted by Crippen LogP contribution is -2.53. The molecule has 1 aliphatic rings. The molecular weight excluding hydrogens is 301 g/mol. The molecule has 1 fully saturated rings. The predicted molar refractivity (Wildman–Crippen MR) is 76.8 cm³/mol. The lowest BCUT2D eigenvalue weighted by molar-refractivity contribution is -0.155. The maximum atomic E-state index is 12.1. The number of carbonyl (C=O) groups excluding carboxylic acids is 3. The van der Waals surface area contributed by atoms with Crippen molar-refractivity contribution in [2.75, 3.05) is 27.9 Å². The van der Waals surface area contributed by atoms with Crippen LogP contribution in [0.5, 0.6) is 0 Å². The fraction of sp³-hybridized carbons (Fsp3) is 0.750. The molecule has 9 heteroatoms. The molecule has 1 atom stereocenters. The standard InChI is InChI=1S/C8H14NO6P.C2H4O.C2H6/c1-13-8(11)7(9-5-4-6(9)10)16(12,14-2)15-3;1-2-3;1-2/h7H,4-5H2,1-3H3;2H,1H3;1-2H3. The van der Waals surface area contributed by atoms with Crippen LogP contribution in [0.3, 0.4) is 0 Å². The monoisotopic (exact) mass is 325 g/mol. The Kier molecular flexibility index (Phi) is 12.0. The van der Waals surface area contributed by atoms with Gasteiger partial charge in [-0.25, -0.2) is 4.79 Å². The summed E-state index contributed by atoms with van der Waals surface area (Å²) in [4.78, 5) is 32.7. The average Bonchev–Trinajstić information content (AvgIpc) is 2.52. The number of carbonyl (C=O) groups is 3. The Balaban J connectivity index is 0. The van der Waals surface area contributed by atoms with Crippen molar-refractivity contribution in [1.82, 2.24) is 4.90 Å². The van der Waals surface area contributed by atoms with E-state index in [2.05, 4.69) is 4.74 Å². The lowest BCUT2D eigenvalue weighted by atomic mass is 10.2. The van der Waals surface area contributed by atoms with Crippen LogP contribution in [0.1, 0.15) is 27.2 Å². The topological polar surface area (TPSA) is 99.2 Å². The molecule has 1 unspecified atom stereocenters. The molecule has 1 heterocycles. The molecule has 0 bridgehead atoms. The van der Waals surface area contributed by atoms with E-state index in [-0.39, 0.29) is 5.91 Å². The quantitative estimate of drug-likeness (QED) is 0.326. The van der Waals surface area contributed by atoms with Gasteiger partial charge in [0.25, 0.3) is 0 Å². The van der Waals surface area contributed by atoms with Gasteiger partial charge in [-0.2, -0.15) is 0 Å². The summed E-state index contributed by atoms with van der Waals surface area (Å²) < 4.78 is 26.0. The molecule has 0 N–H and O–H groups in total. The van der Waals surface area contributed by atoms with Gasteiger partial charge >= 0.3 is 13.6 Å². The van der Waals surface area contributed by atoms with Crippen molar-refractivity contribution < 1.29 is 32.7 Å². The van der Waals surface area contributed by atoms with Gasteiger partial charge in [-0.3, -0.25) is 9.36 Å². The second kappa shape index (κ2) is 11.4. The van der Waals surface area contributed by atoms with Crippen molar-refractivity contribution in [2.45, 2.75) is 33.0 Å². The fourth-order valence-corrected chi connectivity index (χ4v) is 2.90. The third-order valence-corrected chi connectivity index (χ3v) is 4.51. The molecule has 124 valence electrons. The normalized spacial score (nSPS) is 14.6. The molecule has 1 rings (SSSR count). The van der Waals surface area contributed by atoms with Crippen molar-refractivity contribution >= 4 is 25.8 Å². The molecule has 1 saturated heterocycles. The van der Waals surface area contributed by atoms with Gasteiger partial charge in [0.2, 0.25) is 11.7 Å². The first-order valence-electron chi connectivity index (χ1n) is 6.40. The number of hydrogen-bond donors (Lipinski definition) is 0. The second-order valence-corrected chi connectivity index (χ2v) is 5.67. The molecule has 0 saturated carbocycles. The first kappa shape index (κ1) is 22.0. The second-order valence-electron chi connectivity index (χ2n) is 3.37. The van der Waals surface area contributed by atoms with Crippen LogP contribution in [0.25, 0.3) is 0 Å². The van der Waals surface area contributed by atoms with E-state index in [1.165, 1.54) is 6.92 Å². The number of esters is 1. The lowest BCUT2D eigenvalue weighted by Gasteiger charge is -2.38. The molecule has 8 nitrogen and oxygen atoms in total. The molecular formula is C12H24NO7P. The minimum atomic E-state index is -3.69. The van der Waals surface area contributed by atoms with Gasteiger partial charge < -0.3 is 23.5 Å². The molecule has 0 aromatic heterocycles. The van der Waals surface area contributed by atoms with Crippen molar-refractivity contribution in [2.24, 2.45) is 0 Å². The largest absolute Gasteiger partial charge is 0.467 e. The molecule has 0 spiro atoms. The first-order valence-corrected chi connectivity index (χ1v) is 8.01. The van der Waals surface area contributed by atoms with E-state index in [1.807, 2.05) is 13.8 Å². The van der Waals surface area contributed by atoms with Crippen LogP contribution in [-0.2, 0) is 32.7 Å². The summed E-state index contributed by atoms with van der Waals surface area (Å²) >= 11 is 0. The van der Waals surface area contributed by atoms with E-state index in [4.69, 9.17) is 13.8 Å². The summed E-state index contributed by atoms with van der Waals surface area (Å²) in [6, 6.07) is 0. The third-order valence-electron chi connectivity index (χ3n) is 2.40. The molecule has 0 aliphatic carbocycles. The molecule has 0 radical (unpaired) electrons. The number of rotatable bonds is 5. The Morgan fingerprint density at radius 2 is 1.71 bits per heavy atom. The highest BCUT2D eigenvalue weighted by Crippen LogP contribution is 2.54. The highest BCUT2D eigenvalue weighted by atomic mass is 31.2. The minimum absolute atomic E-state index is 0.273. The van der Waals surface area contributed by atoms with E-state index in [0.717, 1.165) is 32.5 Å². The van der Waals surface area contributed by atoms with Gasteiger partial charge in [0.15, 0.2) is 0 Å². The maximum Gasteiger partial charge on any atom is 0.364 e. The summed E-state index contributed by atoms with van der Waals surface area (Å²) in [5.74, 6) is -2.39. The van der Waals surface area contributed by atoms with E-state index in [1.54, 1.807) is 0 Å². The van der Waals surface area contributed by atoms with Crippen molar-refractivity contribution in [3.63, 3.8) is 0 Å². The maximum absolute atomic E-state index is 12.1. The Morgan fingerprint density at radius 1 is 1.29 bits per heavy atom. The van der Waals surface area contributed by atoms with Crippen LogP contribution in [-0.4, -0.2) is 56.7 Å². The van der Waals surface area contributed by atoms with Crippen LogP contribution in [0.15, 0.2) is 0 Å². The molecule has 21 heavy (non-hydrogen) atoms. The van der Waals surface area contributed by atoms with E-state index < -0.39 is 19.3 Å². The molecule has 1 amide bonds. The number of amides is 1. The van der Waals surface area contributed by atoms with Crippen molar-refractivity contribution in [3.05, 3.63) is 0 Å². The average molecular weight is 325 g/mol. The zero-order chi connectivity index (χ0) is 17.1. The summed E-state index contributed by atoms with van der Waals surface area (Å²) in [7, 11) is -0.230. The first-order chi connectivity index (χ1) is 9.91. The Hall–Kier alpha value is -1.24. The fourth-order valence-electron chi connectivity index (χ4n) is 1.40. The number of nitrogens with zero attached hydrogens (tertiary/aromatic N) is 1. The summed E-state index contributed by atoms with van der Waals surface area (Å²) in [6.07, 6.45) is 1.07. The van der Waals surface area contributed by atoms with Gasteiger partial charge in [0, 0.05) is 27.2 Å². The third kappa shape index (κ3) is 5.95. The van der Waals surface area contributed by atoms with Gasteiger partial charge in [0.1, 0.15) is 6.29 Å². The zero-order valence-corrected chi connectivity index (χ0v) is 14.2. The van der Waals surface area contributed by atoms with Gasteiger partial charge in [0.05, 0.1) is 7.11 Å². The van der Waals surface area contributed by atoms with E-state index >= 15 is 0 Å².